The zero-order valence-corrected chi connectivity index (χ0v) is 11.4. The van der Waals surface area contributed by atoms with Crippen LogP contribution in [0.25, 0.3) is 0 Å². The molecular weight excluding hydrogens is 250 g/mol. The first-order valence-electron chi connectivity index (χ1n) is 6.10. The largest absolute Gasteiger partial charge is 0.391 e. The summed E-state index contributed by atoms with van der Waals surface area (Å²) in [5, 5.41) is 10.2. The second-order valence-corrected chi connectivity index (χ2v) is 5.96. The smallest absolute Gasteiger partial charge is 0.225 e. The van der Waals surface area contributed by atoms with Crippen LogP contribution in [0, 0.1) is 0 Å². The molecule has 3 nitrogen and oxygen atoms in total. The number of carbonyl (C=O) groups excluding carboxylic acids is 1. The molecule has 18 heavy (non-hydrogen) atoms. The number of β-amino-alcohol motifs (C(OH)–C–C–N with tert-alkyl or cyclic N) is 1. The van der Waals surface area contributed by atoms with Gasteiger partial charge in [-0.05, 0) is 17.7 Å². The van der Waals surface area contributed by atoms with Crippen molar-refractivity contribution in [2.45, 2.75) is 31.8 Å². The van der Waals surface area contributed by atoms with E-state index in [1.54, 1.807) is 4.90 Å². The lowest BCUT2D eigenvalue weighted by molar-refractivity contribution is -0.128. The molecule has 2 rings (SSSR count). The summed E-state index contributed by atoms with van der Waals surface area (Å²) in [4.78, 5) is 13.4. The first-order chi connectivity index (χ1) is 8.38. The second-order valence-electron chi connectivity index (χ2n) is 5.53. The Hall–Kier alpha value is -1.06. The van der Waals surface area contributed by atoms with Gasteiger partial charge in [-0.15, -0.1) is 0 Å². The summed E-state index contributed by atoms with van der Waals surface area (Å²) in [6.45, 7) is 5.19. The summed E-state index contributed by atoms with van der Waals surface area (Å²) in [6.07, 6.45) is -0.279. The van der Waals surface area contributed by atoms with Gasteiger partial charge in [-0.25, -0.2) is 0 Å². The van der Waals surface area contributed by atoms with E-state index in [2.05, 4.69) is 13.8 Å². The average Bonchev–Trinajstić information content (AvgIpc) is 2.56. The summed E-state index contributed by atoms with van der Waals surface area (Å²) < 4.78 is 0. The lowest BCUT2D eigenvalue weighted by Crippen LogP contribution is -2.38. The number of carbonyl (C=O) groups is 1. The van der Waals surface area contributed by atoms with Gasteiger partial charge in [0.15, 0.2) is 0 Å². The van der Waals surface area contributed by atoms with Crippen molar-refractivity contribution in [1.29, 1.82) is 0 Å². The number of aliphatic hydroxyl groups is 1. The molecule has 1 fully saturated rings. The van der Waals surface area contributed by atoms with Crippen LogP contribution >= 0.6 is 11.6 Å². The summed E-state index contributed by atoms with van der Waals surface area (Å²) in [7, 11) is 0. The second kappa shape index (κ2) is 4.90. The van der Waals surface area contributed by atoms with Crippen molar-refractivity contribution in [2.24, 2.45) is 0 Å². The van der Waals surface area contributed by atoms with Crippen molar-refractivity contribution >= 4 is 17.5 Å². The Morgan fingerprint density at radius 3 is 2.78 bits per heavy atom. The third-order valence-electron chi connectivity index (χ3n) is 3.39. The van der Waals surface area contributed by atoms with Gasteiger partial charge >= 0.3 is 0 Å². The number of rotatable bonds is 3. The van der Waals surface area contributed by atoms with Crippen LogP contribution in [0.1, 0.15) is 25.8 Å². The Morgan fingerprint density at radius 2 is 2.22 bits per heavy atom. The molecule has 0 saturated carbocycles. The van der Waals surface area contributed by atoms with E-state index in [0.717, 1.165) is 5.56 Å². The molecule has 0 radical (unpaired) electrons. The van der Waals surface area contributed by atoms with Crippen molar-refractivity contribution in [3.05, 3.63) is 34.9 Å². The fraction of sp³-hybridized carbons (Fsp3) is 0.500. The van der Waals surface area contributed by atoms with Gasteiger partial charge in [0, 0.05) is 23.5 Å². The Kier molecular flexibility index (Phi) is 3.64. The van der Waals surface area contributed by atoms with E-state index in [-0.39, 0.29) is 17.7 Å². The predicted molar refractivity (Wildman–Crippen MR) is 71.7 cm³/mol. The van der Waals surface area contributed by atoms with E-state index < -0.39 is 6.10 Å². The standard InChI is InChI=1S/C14H18ClNO2/c1-14(2,10-4-3-5-11(15)6-10)9-16-8-12(17)7-13(16)18/h3-6,12,17H,7-9H2,1-2H3. The van der Waals surface area contributed by atoms with E-state index in [0.29, 0.717) is 18.1 Å². The minimum atomic E-state index is -0.521. The van der Waals surface area contributed by atoms with Crippen molar-refractivity contribution in [3.8, 4) is 0 Å². The number of hydrogen-bond acceptors (Lipinski definition) is 2. The summed E-state index contributed by atoms with van der Waals surface area (Å²) in [5.41, 5.74) is 0.925. The monoisotopic (exact) mass is 267 g/mol. The van der Waals surface area contributed by atoms with Crippen molar-refractivity contribution in [3.63, 3.8) is 0 Å². The molecule has 0 bridgehead atoms. The van der Waals surface area contributed by atoms with E-state index in [4.69, 9.17) is 11.6 Å². The SMILES string of the molecule is CC(C)(CN1CC(O)CC1=O)c1cccc(Cl)c1. The summed E-state index contributed by atoms with van der Waals surface area (Å²) in [5.74, 6) is 0.0256. The van der Waals surface area contributed by atoms with Gasteiger partial charge in [-0.3, -0.25) is 4.79 Å². The molecule has 1 amide bonds. The zero-order chi connectivity index (χ0) is 13.3. The highest BCUT2D eigenvalue weighted by molar-refractivity contribution is 6.30. The molecule has 1 N–H and O–H groups in total. The maximum atomic E-state index is 11.7. The summed E-state index contributed by atoms with van der Waals surface area (Å²) >= 11 is 6.00. The van der Waals surface area contributed by atoms with Crippen molar-refractivity contribution in [2.75, 3.05) is 13.1 Å². The number of amides is 1. The van der Waals surface area contributed by atoms with E-state index in [1.807, 2.05) is 24.3 Å². The fourth-order valence-electron chi connectivity index (χ4n) is 2.38. The van der Waals surface area contributed by atoms with Crippen LogP contribution < -0.4 is 0 Å². The van der Waals surface area contributed by atoms with Crippen molar-refractivity contribution < 1.29 is 9.90 Å². The van der Waals surface area contributed by atoms with E-state index in [9.17, 15) is 9.90 Å². The van der Waals surface area contributed by atoms with Crippen molar-refractivity contribution in [1.82, 2.24) is 4.90 Å². The highest BCUT2D eigenvalue weighted by Crippen LogP contribution is 2.28. The molecule has 1 aromatic carbocycles. The normalized spacial score (nSPS) is 20.6. The van der Waals surface area contributed by atoms with Crippen LogP contribution in [-0.4, -0.2) is 35.1 Å². The highest BCUT2D eigenvalue weighted by Gasteiger charge is 2.33. The van der Waals surface area contributed by atoms with Crippen LogP contribution in [0.5, 0.6) is 0 Å². The number of hydrogen-bond donors (Lipinski definition) is 1. The predicted octanol–water partition coefficient (Wildman–Crippen LogP) is 2.21. The Labute approximate surface area is 112 Å². The number of likely N-dealkylation sites (tertiary alicyclic amines) is 1. The number of aliphatic hydroxyl groups excluding tert-OH is 1. The van der Waals surface area contributed by atoms with E-state index >= 15 is 0 Å². The van der Waals surface area contributed by atoms with Gasteiger partial charge < -0.3 is 10.0 Å². The van der Waals surface area contributed by atoms with Gasteiger partial charge in [0.05, 0.1) is 12.5 Å². The third kappa shape index (κ3) is 2.85. The molecule has 1 heterocycles. The molecule has 4 heteroatoms. The van der Waals surface area contributed by atoms with Crippen LogP contribution in [0.4, 0.5) is 0 Å². The molecule has 98 valence electrons. The van der Waals surface area contributed by atoms with Gasteiger partial charge in [-0.2, -0.15) is 0 Å². The van der Waals surface area contributed by atoms with Gasteiger partial charge in [-0.1, -0.05) is 37.6 Å². The van der Waals surface area contributed by atoms with Crippen LogP contribution in [0.15, 0.2) is 24.3 Å². The topological polar surface area (TPSA) is 40.5 Å². The summed E-state index contributed by atoms with van der Waals surface area (Å²) in [6, 6.07) is 7.70. The van der Waals surface area contributed by atoms with Crippen LogP contribution in [0.3, 0.4) is 0 Å². The lowest BCUT2D eigenvalue weighted by atomic mass is 9.84. The molecule has 0 aliphatic carbocycles. The Balaban J connectivity index is 2.14. The van der Waals surface area contributed by atoms with Crippen LogP contribution in [-0.2, 0) is 10.2 Å². The average molecular weight is 268 g/mol. The Bertz CT molecular complexity index is 459. The van der Waals surface area contributed by atoms with Crippen LogP contribution in [0.2, 0.25) is 5.02 Å². The number of halogens is 1. The highest BCUT2D eigenvalue weighted by atomic mass is 35.5. The molecule has 1 aromatic rings. The number of benzene rings is 1. The van der Waals surface area contributed by atoms with E-state index in [1.165, 1.54) is 0 Å². The molecule has 1 atom stereocenters. The zero-order valence-electron chi connectivity index (χ0n) is 10.7. The minimum absolute atomic E-state index is 0.0256. The van der Waals surface area contributed by atoms with Gasteiger partial charge in [0.2, 0.25) is 5.91 Å². The molecule has 0 aromatic heterocycles. The molecule has 1 aliphatic heterocycles. The molecule has 1 saturated heterocycles. The quantitative estimate of drug-likeness (QED) is 0.912. The Morgan fingerprint density at radius 1 is 1.50 bits per heavy atom. The lowest BCUT2D eigenvalue weighted by Gasteiger charge is -2.30. The first-order valence-corrected chi connectivity index (χ1v) is 6.48. The number of nitrogens with zero attached hydrogens (tertiary/aromatic N) is 1. The third-order valence-corrected chi connectivity index (χ3v) is 3.62. The first kappa shape index (κ1) is 13.4. The molecular formula is C14H18ClNO2. The van der Waals surface area contributed by atoms with Gasteiger partial charge in [0.1, 0.15) is 0 Å². The molecule has 0 spiro atoms. The fourth-order valence-corrected chi connectivity index (χ4v) is 2.57. The maximum absolute atomic E-state index is 11.7. The molecule has 1 aliphatic rings. The van der Waals surface area contributed by atoms with Gasteiger partial charge in [0.25, 0.3) is 0 Å². The molecule has 1 unspecified atom stereocenters. The maximum Gasteiger partial charge on any atom is 0.225 e. The minimum Gasteiger partial charge on any atom is -0.391 e.